The molecule has 0 spiro atoms. The van der Waals surface area contributed by atoms with Crippen LogP contribution < -0.4 is 5.09 Å². The van der Waals surface area contributed by atoms with Crippen molar-refractivity contribution in [3.05, 3.63) is 35.4 Å². The van der Waals surface area contributed by atoms with Crippen LogP contribution in [0.4, 0.5) is 8.78 Å². The minimum Gasteiger partial charge on any atom is -0.366 e. The molecule has 15 heavy (non-hydrogen) atoms. The molecule has 0 bridgehead atoms. The predicted octanol–water partition coefficient (Wildman–Crippen LogP) is 1.10. The molecule has 1 aromatic carbocycles. The number of aliphatic hydroxyl groups excluding tert-OH is 1. The Balaban J connectivity index is 2.26. The number of benzene rings is 1. The fourth-order valence-corrected chi connectivity index (χ4v) is 1.84. The number of hydrogen-bond donors (Lipinski definition) is 2. The van der Waals surface area contributed by atoms with Gasteiger partial charge in [-0.05, 0) is 6.07 Å². The summed E-state index contributed by atoms with van der Waals surface area (Å²) in [5, 5.41) is 11.8. The van der Waals surface area contributed by atoms with Crippen LogP contribution in [0.2, 0.25) is 0 Å². The molecule has 2 rings (SSSR count). The standard InChI is InChI=1S/C9H10F2NO2P/c10-4-1-2-5(6(11)3-4)7(12-15)8-9(13)14-8/h1-3,7-9,12-13H,15H2. The van der Waals surface area contributed by atoms with Crippen LogP contribution in [0, 0.1) is 11.6 Å². The highest BCUT2D eigenvalue weighted by Crippen LogP contribution is 2.34. The maximum Gasteiger partial charge on any atom is 0.183 e. The molecular weight excluding hydrogens is 223 g/mol. The lowest BCUT2D eigenvalue weighted by atomic mass is 10.0. The second kappa shape index (κ2) is 4.10. The first kappa shape index (κ1) is 10.9. The molecule has 0 radical (unpaired) electrons. The summed E-state index contributed by atoms with van der Waals surface area (Å²) in [6, 6.07) is 2.81. The van der Waals surface area contributed by atoms with Crippen LogP contribution in [0.25, 0.3) is 0 Å². The molecule has 2 N–H and O–H groups in total. The van der Waals surface area contributed by atoms with Gasteiger partial charge in [0, 0.05) is 11.6 Å². The fourth-order valence-electron chi connectivity index (χ4n) is 1.47. The third kappa shape index (κ3) is 2.16. The molecule has 0 saturated carbocycles. The molecule has 4 atom stereocenters. The summed E-state index contributed by atoms with van der Waals surface area (Å²) >= 11 is 0. The van der Waals surface area contributed by atoms with E-state index in [0.717, 1.165) is 6.07 Å². The van der Waals surface area contributed by atoms with Crippen LogP contribution in [0.3, 0.4) is 0 Å². The van der Waals surface area contributed by atoms with Crippen molar-refractivity contribution < 1.29 is 18.6 Å². The van der Waals surface area contributed by atoms with Crippen molar-refractivity contribution in [2.75, 3.05) is 0 Å². The molecular formula is C9H10F2NO2P. The normalized spacial score (nSPS) is 26.4. The summed E-state index contributed by atoms with van der Waals surface area (Å²) in [5.74, 6) is -1.28. The van der Waals surface area contributed by atoms with E-state index in [0.29, 0.717) is 0 Å². The van der Waals surface area contributed by atoms with Crippen molar-refractivity contribution >= 4 is 9.39 Å². The van der Waals surface area contributed by atoms with Gasteiger partial charge in [-0.1, -0.05) is 15.5 Å². The van der Waals surface area contributed by atoms with E-state index in [1.54, 1.807) is 0 Å². The van der Waals surface area contributed by atoms with Crippen molar-refractivity contribution in [1.29, 1.82) is 0 Å². The SMILES string of the molecule is OC1OC1C(NP)c1ccc(F)cc1F. The van der Waals surface area contributed by atoms with E-state index in [-0.39, 0.29) is 5.56 Å². The van der Waals surface area contributed by atoms with E-state index in [4.69, 9.17) is 9.84 Å². The minimum absolute atomic E-state index is 0.271. The van der Waals surface area contributed by atoms with Gasteiger partial charge < -0.3 is 9.84 Å². The lowest BCUT2D eigenvalue weighted by Crippen LogP contribution is -2.20. The molecule has 1 fully saturated rings. The van der Waals surface area contributed by atoms with Gasteiger partial charge in [-0.3, -0.25) is 5.09 Å². The van der Waals surface area contributed by atoms with Crippen LogP contribution in [0.15, 0.2) is 18.2 Å². The van der Waals surface area contributed by atoms with Gasteiger partial charge in [-0.2, -0.15) is 0 Å². The number of rotatable bonds is 3. The summed E-state index contributed by atoms with van der Waals surface area (Å²) in [4.78, 5) is 0. The average molecular weight is 233 g/mol. The number of ether oxygens (including phenoxy) is 1. The molecule has 3 nitrogen and oxygen atoms in total. The smallest absolute Gasteiger partial charge is 0.183 e. The Labute approximate surface area is 87.7 Å². The third-order valence-corrected chi connectivity index (χ3v) is 2.67. The van der Waals surface area contributed by atoms with E-state index in [2.05, 4.69) is 14.5 Å². The van der Waals surface area contributed by atoms with Crippen molar-refractivity contribution in [1.82, 2.24) is 5.09 Å². The Morgan fingerprint density at radius 2 is 2.13 bits per heavy atom. The lowest BCUT2D eigenvalue weighted by Gasteiger charge is -2.14. The van der Waals surface area contributed by atoms with E-state index in [1.807, 2.05) is 0 Å². The number of hydrogen-bond acceptors (Lipinski definition) is 3. The van der Waals surface area contributed by atoms with Gasteiger partial charge in [0.25, 0.3) is 0 Å². The zero-order valence-electron chi connectivity index (χ0n) is 7.65. The second-order valence-electron chi connectivity index (χ2n) is 3.30. The first-order chi connectivity index (χ1) is 7.13. The maximum absolute atomic E-state index is 13.4. The van der Waals surface area contributed by atoms with E-state index >= 15 is 0 Å². The summed E-state index contributed by atoms with van der Waals surface area (Å²) in [5.41, 5.74) is 0.271. The van der Waals surface area contributed by atoms with Gasteiger partial charge in [-0.25, -0.2) is 8.78 Å². The predicted molar refractivity (Wildman–Crippen MR) is 52.8 cm³/mol. The highest BCUT2D eigenvalue weighted by molar-refractivity contribution is 7.13. The Bertz CT molecular complexity index is 377. The molecule has 0 amide bonds. The Morgan fingerprint density at radius 3 is 2.60 bits per heavy atom. The molecule has 1 aromatic rings. The average Bonchev–Trinajstić information content (AvgIpc) is 2.88. The Morgan fingerprint density at radius 1 is 1.47 bits per heavy atom. The molecule has 1 aliphatic heterocycles. The minimum atomic E-state index is -0.882. The highest BCUT2D eigenvalue weighted by atomic mass is 31.0. The summed E-state index contributed by atoms with van der Waals surface area (Å²) in [6.45, 7) is 0. The van der Waals surface area contributed by atoms with Gasteiger partial charge in [0.1, 0.15) is 17.7 Å². The summed E-state index contributed by atoms with van der Waals surface area (Å²) in [6.07, 6.45) is -1.37. The zero-order valence-corrected chi connectivity index (χ0v) is 8.81. The van der Waals surface area contributed by atoms with Crippen molar-refractivity contribution in [2.24, 2.45) is 0 Å². The molecule has 0 aliphatic carbocycles. The monoisotopic (exact) mass is 233 g/mol. The topological polar surface area (TPSA) is 44.8 Å². The highest BCUT2D eigenvalue weighted by Gasteiger charge is 2.44. The Kier molecular flexibility index (Phi) is 2.98. The quantitative estimate of drug-likeness (QED) is 0.607. The lowest BCUT2D eigenvalue weighted by molar-refractivity contribution is 0.155. The maximum atomic E-state index is 13.4. The number of aliphatic hydroxyl groups is 1. The summed E-state index contributed by atoms with van der Waals surface area (Å²) in [7, 11) is 2.22. The van der Waals surface area contributed by atoms with Crippen molar-refractivity contribution in [2.45, 2.75) is 18.4 Å². The van der Waals surface area contributed by atoms with Crippen LogP contribution in [0.5, 0.6) is 0 Å². The molecule has 1 heterocycles. The van der Waals surface area contributed by atoms with Crippen molar-refractivity contribution in [3.63, 3.8) is 0 Å². The molecule has 4 unspecified atom stereocenters. The first-order valence-corrected chi connectivity index (χ1v) is 4.96. The molecule has 0 aromatic heterocycles. The molecule has 1 saturated heterocycles. The first-order valence-electron chi connectivity index (χ1n) is 4.38. The van der Waals surface area contributed by atoms with Gasteiger partial charge in [0.2, 0.25) is 0 Å². The van der Waals surface area contributed by atoms with E-state index in [1.165, 1.54) is 12.1 Å². The van der Waals surface area contributed by atoms with Crippen LogP contribution >= 0.6 is 9.39 Å². The van der Waals surface area contributed by atoms with Gasteiger partial charge in [0.05, 0.1) is 6.04 Å². The van der Waals surface area contributed by atoms with Crippen LogP contribution in [-0.2, 0) is 4.74 Å². The molecule has 6 heteroatoms. The summed E-state index contributed by atoms with van der Waals surface area (Å²) < 4.78 is 30.9. The van der Waals surface area contributed by atoms with E-state index in [9.17, 15) is 8.78 Å². The zero-order chi connectivity index (χ0) is 11.0. The molecule has 82 valence electrons. The van der Waals surface area contributed by atoms with Crippen LogP contribution in [0.1, 0.15) is 11.6 Å². The number of epoxide rings is 1. The van der Waals surface area contributed by atoms with Gasteiger partial charge in [-0.15, -0.1) is 0 Å². The van der Waals surface area contributed by atoms with Gasteiger partial charge in [0.15, 0.2) is 6.29 Å². The fraction of sp³-hybridized carbons (Fsp3) is 0.333. The second-order valence-corrected chi connectivity index (χ2v) is 3.63. The molecule has 1 aliphatic rings. The number of halogens is 2. The van der Waals surface area contributed by atoms with Gasteiger partial charge >= 0.3 is 0 Å². The Hall–Kier alpha value is -0.610. The van der Waals surface area contributed by atoms with Crippen molar-refractivity contribution in [3.8, 4) is 0 Å². The van der Waals surface area contributed by atoms with Crippen LogP contribution in [-0.4, -0.2) is 17.5 Å². The number of nitrogens with one attached hydrogen (secondary N) is 1. The van der Waals surface area contributed by atoms with E-state index < -0.39 is 30.1 Å². The largest absolute Gasteiger partial charge is 0.366 e. The third-order valence-electron chi connectivity index (χ3n) is 2.31.